The Hall–Kier alpha value is -2.64. The summed E-state index contributed by atoms with van der Waals surface area (Å²) in [5, 5.41) is 54.3. The van der Waals surface area contributed by atoms with Crippen molar-refractivity contribution in [2.45, 2.75) is 281 Å². The van der Waals surface area contributed by atoms with Gasteiger partial charge in [-0.3, -0.25) is 9.59 Å². The number of allylic oxidation sites excluding steroid dienone is 9. The molecule has 0 saturated carbocycles. The van der Waals surface area contributed by atoms with Crippen LogP contribution in [0.1, 0.15) is 239 Å². The molecule has 0 aromatic carbocycles. The van der Waals surface area contributed by atoms with Gasteiger partial charge in [0.1, 0.15) is 24.4 Å². The maximum absolute atomic E-state index is 13.0. The molecule has 0 aromatic heterocycles. The van der Waals surface area contributed by atoms with Gasteiger partial charge in [-0.1, -0.05) is 190 Å². The van der Waals surface area contributed by atoms with Crippen LogP contribution in [0.3, 0.4) is 0 Å². The van der Waals surface area contributed by atoms with Crippen LogP contribution in [0.25, 0.3) is 0 Å². The predicted octanol–water partition coefficient (Wildman–Crippen LogP) is 12.7. The molecule has 0 aliphatic carbocycles. The number of rotatable bonds is 48. The van der Waals surface area contributed by atoms with Crippen molar-refractivity contribution in [1.82, 2.24) is 5.32 Å². The van der Waals surface area contributed by atoms with Crippen molar-refractivity contribution in [2.75, 3.05) is 19.8 Å². The molecule has 6 N–H and O–H groups in total. The highest BCUT2D eigenvalue weighted by atomic mass is 16.7. The molecule has 11 heteroatoms. The first kappa shape index (κ1) is 65.4. The summed E-state index contributed by atoms with van der Waals surface area (Å²) in [7, 11) is 0. The Bertz CT molecular complexity index is 1350. The lowest BCUT2D eigenvalue weighted by Crippen LogP contribution is -2.60. The number of amides is 1. The molecule has 70 heavy (non-hydrogen) atoms. The molecule has 0 spiro atoms. The van der Waals surface area contributed by atoms with Gasteiger partial charge in [0.15, 0.2) is 6.29 Å². The third-order valence-corrected chi connectivity index (χ3v) is 13.1. The van der Waals surface area contributed by atoms with E-state index in [9.17, 15) is 35.1 Å². The van der Waals surface area contributed by atoms with E-state index < -0.39 is 49.5 Å². The van der Waals surface area contributed by atoms with Crippen molar-refractivity contribution < 1.29 is 49.3 Å². The number of hydrogen-bond acceptors (Lipinski definition) is 10. The molecule has 1 aliphatic heterocycles. The van der Waals surface area contributed by atoms with E-state index in [0.717, 1.165) is 89.9 Å². The minimum Gasteiger partial charge on any atom is -0.466 e. The highest BCUT2D eigenvalue weighted by Crippen LogP contribution is 2.23. The van der Waals surface area contributed by atoms with Crippen LogP contribution in [-0.2, 0) is 23.8 Å². The lowest BCUT2D eigenvalue weighted by molar-refractivity contribution is -0.302. The normalized spacial score (nSPS) is 19.7. The summed E-state index contributed by atoms with van der Waals surface area (Å²) in [6.07, 6.45) is 51.7. The Labute approximate surface area is 427 Å². The van der Waals surface area contributed by atoms with Gasteiger partial charge in [0, 0.05) is 12.8 Å². The third kappa shape index (κ3) is 38.0. The first-order chi connectivity index (χ1) is 34.2. The number of ether oxygens (including phenoxy) is 3. The van der Waals surface area contributed by atoms with Crippen LogP contribution in [0, 0.1) is 0 Å². The zero-order valence-corrected chi connectivity index (χ0v) is 44.5. The molecule has 406 valence electrons. The summed E-state index contributed by atoms with van der Waals surface area (Å²) in [5.74, 6) is -0.245. The van der Waals surface area contributed by atoms with Gasteiger partial charge < -0.3 is 45.1 Å². The second kappa shape index (κ2) is 48.6. The van der Waals surface area contributed by atoms with E-state index in [1.54, 1.807) is 6.08 Å². The van der Waals surface area contributed by atoms with E-state index in [1.807, 2.05) is 6.08 Å². The number of unbranched alkanes of at least 4 members (excludes halogenated alkanes) is 27. The molecule has 1 amide bonds. The van der Waals surface area contributed by atoms with Crippen LogP contribution < -0.4 is 5.32 Å². The molecule has 0 bridgehead atoms. The van der Waals surface area contributed by atoms with Crippen LogP contribution in [0.4, 0.5) is 0 Å². The molecule has 0 aromatic rings. The lowest BCUT2D eigenvalue weighted by Gasteiger charge is -2.40. The predicted molar refractivity (Wildman–Crippen MR) is 287 cm³/mol. The standard InChI is InChI=1S/C59H105NO10/c1-3-5-7-9-11-13-15-26-29-33-37-41-45-52(62)51(50-69-59-58(67)57(66)56(65)53(49-61)70-59)60-54(63)46-42-38-34-30-27-23-21-19-17-16-18-20-22-24-28-32-36-40-44-48-68-55(64)47-43-39-35-31-25-14-12-10-8-6-4-2/h10,12,20,22,24,26,28-29,41,45,51-53,56-59,61-62,65-67H,3-9,11,13-19,21,23,25,27,30-40,42-44,46-50H2,1-2H3,(H,60,63)/b12-10-,22-20-,28-24-,29-26+,45-41+. The van der Waals surface area contributed by atoms with Gasteiger partial charge in [-0.15, -0.1) is 0 Å². The summed E-state index contributed by atoms with van der Waals surface area (Å²) in [4.78, 5) is 25.0. The van der Waals surface area contributed by atoms with Crippen molar-refractivity contribution in [2.24, 2.45) is 0 Å². The molecule has 1 heterocycles. The van der Waals surface area contributed by atoms with Crippen LogP contribution in [0.2, 0.25) is 0 Å². The van der Waals surface area contributed by atoms with Crippen molar-refractivity contribution in [3.05, 3.63) is 60.8 Å². The number of carbonyl (C=O) groups is 2. The van der Waals surface area contributed by atoms with Gasteiger partial charge in [0.05, 0.1) is 32.0 Å². The van der Waals surface area contributed by atoms with Crippen LogP contribution in [0.15, 0.2) is 60.8 Å². The van der Waals surface area contributed by atoms with E-state index >= 15 is 0 Å². The maximum atomic E-state index is 13.0. The second-order valence-corrected chi connectivity index (χ2v) is 19.6. The Balaban J connectivity index is 2.14. The van der Waals surface area contributed by atoms with Crippen molar-refractivity contribution >= 4 is 11.9 Å². The summed E-state index contributed by atoms with van der Waals surface area (Å²) >= 11 is 0. The monoisotopic (exact) mass is 988 g/mol. The molecule has 1 rings (SSSR count). The first-order valence-electron chi connectivity index (χ1n) is 28.6. The van der Waals surface area contributed by atoms with Gasteiger partial charge in [-0.05, 0) is 96.3 Å². The van der Waals surface area contributed by atoms with Gasteiger partial charge in [-0.25, -0.2) is 0 Å². The summed E-state index contributed by atoms with van der Waals surface area (Å²) in [6.45, 7) is 4.21. The Morgan fingerprint density at radius 1 is 0.529 bits per heavy atom. The average Bonchev–Trinajstić information content (AvgIpc) is 3.36. The summed E-state index contributed by atoms with van der Waals surface area (Å²) in [6, 6.07) is -0.836. The molecule has 1 aliphatic rings. The quantitative estimate of drug-likeness (QED) is 0.0149. The molecular weight excluding hydrogens is 883 g/mol. The van der Waals surface area contributed by atoms with Gasteiger partial charge in [0.25, 0.3) is 0 Å². The lowest BCUT2D eigenvalue weighted by atomic mass is 9.99. The fourth-order valence-corrected chi connectivity index (χ4v) is 8.48. The van der Waals surface area contributed by atoms with Crippen LogP contribution in [-0.4, -0.2) is 100 Å². The van der Waals surface area contributed by atoms with E-state index in [0.29, 0.717) is 19.4 Å². The third-order valence-electron chi connectivity index (χ3n) is 13.1. The maximum Gasteiger partial charge on any atom is 0.305 e. The molecule has 7 unspecified atom stereocenters. The minimum atomic E-state index is -1.58. The highest BCUT2D eigenvalue weighted by Gasteiger charge is 2.44. The fraction of sp³-hybridized carbons (Fsp3) is 0.797. The van der Waals surface area contributed by atoms with E-state index in [2.05, 4.69) is 67.8 Å². The number of aliphatic hydroxyl groups excluding tert-OH is 5. The van der Waals surface area contributed by atoms with Crippen LogP contribution >= 0.6 is 0 Å². The first-order valence-corrected chi connectivity index (χ1v) is 28.6. The van der Waals surface area contributed by atoms with Crippen molar-refractivity contribution in [3.8, 4) is 0 Å². The molecular formula is C59H105NO10. The number of hydrogen-bond donors (Lipinski definition) is 6. The van der Waals surface area contributed by atoms with Crippen molar-refractivity contribution in [3.63, 3.8) is 0 Å². The fourth-order valence-electron chi connectivity index (χ4n) is 8.48. The average molecular weight is 988 g/mol. The SMILES string of the molecule is CCCC/C=C\CCCCCCCC(=O)OCCCCC/C=C\C=C/CCCCCCCCCCCCC(=O)NC(COC1OC(CO)C(O)C(O)C1O)C(O)/C=C/CC/C=C/CCCCCCCC. The minimum absolute atomic E-state index is 0.0409. The molecule has 0 radical (unpaired) electrons. The van der Waals surface area contributed by atoms with Gasteiger partial charge in [-0.2, -0.15) is 0 Å². The molecule has 1 saturated heterocycles. The Morgan fingerprint density at radius 3 is 1.54 bits per heavy atom. The Morgan fingerprint density at radius 2 is 0.986 bits per heavy atom. The smallest absolute Gasteiger partial charge is 0.305 e. The Kier molecular flexibility index (Phi) is 45.4. The second-order valence-electron chi connectivity index (χ2n) is 19.6. The zero-order chi connectivity index (χ0) is 51.0. The highest BCUT2D eigenvalue weighted by molar-refractivity contribution is 5.76. The summed E-state index contributed by atoms with van der Waals surface area (Å²) < 4.78 is 16.6. The van der Waals surface area contributed by atoms with Gasteiger partial charge >= 0.3 is 5.97 Å². The van der Waals surface area contributed by atoms with Gasteiger partial charge in [0.2, 0.25) is 5.91 Å². The van der Waals surface area contributed by atoms with Crippen LogP contribution in [0.5, 0.6) is 0 Å². The van der Waals surface area contributed by atoms with Crippen molar-refractivity contribution in [1.29, 1.82) is 0 Å². The number of nitrogens with one attached hydrogen (secondary N) is 1. The molecule has 1 fully saturated rings. The molecule has 11 nitrogen and oxygen atoms in total. The van der Waals surface area contributed by atoms with E-state index in [1.165, 1.54) is 122 Å². The largest absolute Gasteiger partial charge is 0.466 e. The topological polar surface area (TPSA) is 175 Å². The number of carbonyl (C=O) groups excluding carboxylic acids is 2. The van der Waals surface area contributed by atoms with E-state index in [-0.39, 0.29) is 18.5 Å². The number of esters is 1. The summed E-state index contributed by atoms with van der Waals surface area (Å²) in [5.41, 5.74) is 0. The zero-order valence-electron chi connectivity index (χ0n) is 44.5. The number of aliphatic hydroxyl groups is 5. The molecule has 7 atom stereocenters. The van der Waals surface area contributed by atoms with E-state index in [4.69, 9.17) is 14.2 Å².